The zero-order valence-electron chi connectivity index (χ0n) is 20.5. The van der Waals surface area contributed by atoms with Gasteiger partial charge in [0.1, 0.15) is 5.82 Å². The van der Waals surface area contributed by atoms with E-state index in [-0.39, 0.29) is 17.4 Å². The molecule has 2 aromatic carbocycles. The van der Waals surface area contributed by atoms with Gasteiger partial charge in [-0.1, -0.05) is 24.3 Å². The monoisotopic (exact) mass is 526 g/mol. The van der Waals surface area contributed by atoms with E-state index in [2.05, 4.69) is 16.5 Å². The van der Waals surface area contributed by atoms with Crippen LogP contribution in [0.3, 0.4) is 0 Å². The zero-order valence-corrected chi connectivity index (χ0v) is 21.3. The molecule has 0 bridgehead atoms. The highest BCUT2D eigenvalue weighted by atomic mass is 32.2. The molecule has 196 valence electrons. The highest BCUT2D eigenvalue weighted by Crippen LogP contribution is 2.34. The van der Waals surface area contributed by atoms with E-state index in [1.54, 1.807) is 0 Å². The number of hydrogen-bond donors (Lipinski definition) is 2. The van der Waals surface area contributed by atoms with Gasteiger partial charge in [0, 0.05) is 11.3 Å². The van der Waals surface area contributed by atoms with Gasteiger partial charge in [0.2, 0.25) is 0 Å². The van der Waals surface area contributed by atoms with Gasteiger partial charge in [0.05, 0.1) is 22.7 Å². The molecule has 2 saturated heterocycles. The number of nitrogens with zero attached hydrogens (tertiary/aromatic N) is 3. The van der Waals surface area contributed by atoms with Crippen LogP contribution in [0.15, 0.2) is 53.4 Å². The lowest BCUT2D eigenvalue weighted by molar-refractivity contribution is -0.138. The number of hydrogen-bond acceptors (Lipinski definition) is 6. The van der Waals surface area contributed by atoms with Gasteiger partial charge >= 0.3 is 5.97 Å². The number of carboxylic acid groups (broad SMARTS) is 1. The van der Waals surface area contributed by atoms with Crippen molar-refractivity contribution >= 4 is 33.0 Å². The number of nitrogens with one attached hydrogen (secondary N) is 1. The lowest BCUT2D eigenvalue weighted by atomic mass is 9.91. The van der Waals surface area contributed by atoms with Crippen molar-refractivity contribution in [2.24, 2.45) is 5.92 Å². The standard InChI is InChI=1S/C27H31FN4O4S/c28-22-4-6-23(7-5-22)37(35,36)32-25-17-20(2-1-19-9-13-29-14-10-19)3-8-24(25)27(30-32)21-11-15-31(16-12-21)18-26(33)34/h1-8,17,19,21,29H,9-16,18H2,(H,33,34)/b2-1+. The van der Waals surface area contributed by atoms with E-state index in [1.807, 2.05) is 29.2 Å². The molecular weight excluding hydrogens is 495 g/mol. The van der Waals surface area contributed by atoms with Crippen molar-refractivity contribution in [1.82, 2.24) is 19.4 Å². The molecule has 0 spiro atoms. The molecule has 8 nitrogen and oxygen atoms in total. The Morgan fingerprint density at radius 3 is 2.46 bits per heavy atom. The Morgan fingerprint density at radius 1 is 1.08 bits per heavy atom. The number of aliphatic carboxylic acids is 1. The third-order valence-electron chi connectivity index (χ3n) is 7.32. The predicted octanol–water partition coefficient (Wildman–Crippen LogP) is 3.69. The first kappa shape index (κ1) is 25.6. The second kappa shape index (κ2) is 10.7. The van der Waals surface area contributed by atoms with Crippen LogP contribution >= 0.6 is 0 Å². The van der Waals surface area contributed by atoms with Crippen LogP contribution in [-0.4, -0.2) is 66.3 Å². The van der Waals surface area contributed by atoms with Gasteiger partial charge in [-0.2, -0.15) is 17.6 Å². The zero-order chi connectivity index (χ0) is 26.0. The number of benzene rings is 2. The summed E-state index contributed by atoms with van der Waals surface area (Å²) in [7, 11) is -4.06. The van der Waals surface area contributed by atoms with Crippen molar-refractivity contribution in [2.45, 2.75) is 36.5 Å². The summed E-state index contributed by atoms with van der Waals surface area (Å²) >= 11 is 0. The van der Waals surface area contributed by atoms with Crippen LogP contribution in [-0.2, 0) is 14.8 Å². The maximum atomic E-state index is 13.6. The average molecular weight is 527 g/mol. The quantitative estimate of drug-likeness (QED) is 0.484. The van der Waals surface area contributed by atoms with Crippen LogP contribution < -0.4 is 5.32 Å². The van der Waals surface area contributed by atoms with E-state index >= 15 is 0 Å². The molecule has 2 N–H and O–H groups in total. The maximum Gasteiger partial charge on any atom is 0.317 e. The van der Waals surface area contributed by atoms with Crippen LogP contribution in [0.4, 0.5) is 4.39 Å². The van der Waals surface area contributed by atoms with Crippen LogP contribution in [0.2, 0.25) is 0 Å². The molecule has 0 aliphatic carbocycles. The average Bonchev–Trinajstić information content (AvgIpc) is 3.28. The molecule has 2 aliphatic rings. The highest BCUT2D eigenvalue weighted by molar-refractivity contribution is 7.90. The minimum Gasteiger partial charge on any atom is -0.480 e. The van der Waals surface area contributed by atoms with Gasteiger partial charge in [-0.05, 0) is 93.7 Å². The Balaban J connectivity index is 1.53. The Bertz CT molecular complexity index is 1400. The molecular formula is C27H31FN4O4S. The molecule has 0 atom stereocenters. The highest BCUT2D eigenvalue weighted by Gasteiger charge is 2.29. The smallest absolute Gasteiger partial charge is 0.317 e. The van der Waals surface area contributed by atoms with E-state index < -0.39 is 21.8 Å². The molecule has 2 fully saturated rings. The van der Waals surface area contributed by atoms with Gasteiger partial charge in [0.25, 0.3) is 10.0 Å². The van der Waals surface area contributed by atoms with E-state index in [9.17, 15) is 17.6 Å². The van der Waals surface area contributed by atoms with Crippen molar-refractivity contribution in [3.63, 3.8) is 0 Å². The lowest BCUT2D eigenvalue weighted by Crippen LogP contribution is -2.36. The third-order valence-corrected chi connectivity index (χ3v) is 8.92. The number of aromatic nitrogens is 2. The number of piperidine rings is 2. The molecule has 0 radical (unpaired) electrons. The summed E-state index contributed by atoms with van der Waals surface area (Å²) in [6.07, 6.45) is 7.75. The van der Waals surface area contributed by atoms with Crippen molar-refractivity contribution in [1.29, 1.82) is 0 Å². The number of likely N-dealkylation sites (tertiary alicyclic amines) is 1. The van der Waals surface area contributed by atoms with Gasteiger partial charge in [0.15, 0.2) is 0 Å². The molecule has 2 aliphatic heterocycles. The van der Waals surface area contributed by atoms with Crippen molar-refractivity contribution in [2.75, 3.05) is 32.7 Å². The second-order valence-electron chi connectivity index (χ2n) is 9.85. The second-order valence-corrected chi connectivity index (χ2v) is 11.6. The van der Waals surface area contributed by atoms with Crippen LogP contribution in [0, 0.1) is 11.7 Å². The Morgan fingerprint density at radius 2 is 1.78 bits per heavy atom. The minimum atomic E-state index is -4.06. The summed E-state index contributed by atoms with van der Waals surface area (Å²) in [6.45, 7) is 3.19. The number of halogens is 1. The van der Waals surface area contributed by atoms with Crippen LogP contribution in [0.25, 0.3) is 17.0 Å². The SMILES string of the molecule is O=C(O)CN1CCC(c2nn(S(=O)(=O)c3ccc(F)cc3)c3cc(/C=C/C4CCNCC4)ccc23)CC1. The van der Waals surface area contributed by atoms with E-state index in [1.165, 1.54) is 12.1 Å². The molecule has 1 aromatic heterocycles. The fourth-order valence-corrected chi connectivity index (χ4v) is 6.55. The molecule has 0 saturated carbocycles. The number of carboxylic acids is 1. The fourth-order valence-electron chi connectivity index (χ4n) is 5.26. The molecule has 10 heteroatoms. The molecule has 3 aromatic rings. The summed E-state index contributed by atoms with van der Waals surface area (Å²) in [5, 5.41) is 17.9. The minimum absolute atomic E-state index is 0.00634. The van der Waals surface area contributed by atoms with Crippen LogP contribution in [0.1, 0.15) is 42.9 Å². The van der Waals surface area contributed by atoms with E-state index in [0.717, 1.165) is 53.1 Å². The number of allylic oxidation sites excluding steroid dienone is 1. The van der Waals surface area contributed by atoms with Gasteiger partial charge in [-0.15, -0.1) is 0 Å². The molecule has 5 rings (SSSR count). The maximum absolute atomic E-state index is 13.6. The summed E-state index contributed by atoms with van der Waals surface area (Å²) in [5.74, 6) is -0.878. The van der Waals surface area contributed by atoms with Crippen LogP contribution in [0.5, 0.6) is 0 Å². The molecule has 3 heterocycles. The van der Waals surface area contributed by atoms with E-state index in [4.69, 9.17) is 5.11 Å². The number of fused-ring (bicyclic) bond motifs is 1. The Kier molecular flexibility index (Phi) is 7.41. The van der Waals surface area contributed by atoms with Gasteiger partial charge in [-0.25, -0.2) is 4.39 Å². The number of rotatable bonds is 7. The van der Waals surface area contributed by atoms with Crippen molar-refractivity contribution < 1.29 is 22.7 Å². The largest absolute Gasteiger partial charge is 0.480 e. The molecule has 0 amide bonds. The van der Waals surface area contributed by atoms with E-state index in [0.29, 0.717) is 43.1 Å². The summed E-state index contributed by atoms with van der Waals surface area (Å²) in [5.41, 5.74) is 2.08. The van der Waals surface area contributed by atoms with Gasteiger partial charge < -0.3 is 10.4 Å². The summed E-state index contributed by atoms with van der Waals surface area (Å²) in [6, 6.07) is 10.5. The Labute approximate surface area is 215 Å². The first-order valence-corrected chi connectivity index (χ1v) is 14.1. The summed E-state index contributed by atoms with van der Waals surface area (Å²) in [4.78, 5) is 12.9. The fraction of sp³-hybridized carbons (Fsp3) is 0.407. The number of carbonyl (C=O) groups is 1. The Hall–Kier alpha value is -3.08. The molecule has 37 heavy (non-hydrogen) atoms. The first-order valence-electron chi connectivity index (χ1n) is 12.7. The first-order chi connectivity index (χ1) is 17.8. The van der Waals surface area contributed by atoms with Gasteiger partial charge in [-0.3, -0.25) is 9.69 Å². The normalized spacial score (nSPS) is 18.6. The third kappa shape index (κ3) is 5.61. The summed E-state index contributed by atoms with van der Waals surface area (Å²) < 4.78 is 41.8. The lowest BCUT2D eigenvalue weighted by Gasteiger charge is -2.30. The topological polar surface area (TPSA) is 105 Å². The molecule has 0 unspecified atom stereocenters. The van der Waals surface area contributed by atoms with Crippen molar-refractivity contribution in [3.8, 4) is 0 Å². The van der Waals surface area contributed by atoms with Crippen molar-refractivity contribution in [3.05, 3.63) is 65.6 Å². The predicted molar refractivity (Wildman–Crippen MR) is 139 cm³/mol.